The summed E-state index contributed by atoms with van der Waals surface area (Å²) in [4.78, 5) is 13.1. The highest BCUT2D eigenvalue weighted by molar-refractivity contribution is 6.80. The van der Waals surface area contributed by atoms with Gasteiger partial charge in [-0.3, -0.25) is 4.79 Å². The van der Waals surface area contributed by atoms with Crippen molar-refractivity contribution in [1.82, 2.24) is 0 Å². The molecule has 0 fully saturated rings. The quantitative estimate of drug-likeness (QED) is 0.490. The number of rotatable bonds is 9. The Kier molecular flexibility index (Phi) is 9.24. The molecular weight excluding hydrogens is 364 g/mol. The number of carbonyl (C=O) groups is 1. The van der Waals surface area contributed by atoms with Crippen LogP contribution >= 0.6 is 0 Å². The molecule has 0 radical (unpaired) electrons. The average Bonchev–Trinajstić information content (AvgIpc) is 2.49. The molecule has 26 heavy (non-hydrogen) atoms. The van der Waals surface area contributed by atoms with Gasteiger partial charge in [0.05, 0.1) is 5.92 Å². The van der Waals surface area contributed by atoms with Crippen LogP contribution in [0.1, 0.15) is 62.3 Å². The molecule has 0 aliphatic carbocycles. The number of hydrogen-bond donors (Lipinski definition) is 0. The minimum absolute atomic E-state index is 0.0663. The number of hydrogen-bond acceptors (Lipinski definition) is 5. The summed E-state index contributed by atoms with van der Waals surface area (Å²) in [5, 5.41) is -0.133. The molecule has 0 aromatic heterocycles. The second-order valence-electron chi connectivity index (χ2n) is 9.75. The lowest BCUT2D eigenvalue weighted by Gasteiger charge is -2.51. The Morgan fingerprint density at radius 3 is 1.46 bits per heavy atom. The molecule has 0 aliphatic rings. The van der Waals surface area contributed by atoms with E-state index < -0.39 is 17.1 Å². The van der Waals surface area contributed by atoms with Crippen LogP contribution in [0.4, 0.5) is 0 Å². The second-order valence-corrected chi connectivity index (χ2v) is 18.0. The molecule has 0 rings (SSSR count). The highest BCUT2D eigenvalue weighted by atomic mass is 28.4. The molecule has 7 heteroatoms. The van der Waals surface area contributed by atoms with Gasteiger partial charge in [0.2, 0.25) is 0 Å². The van der Waals surface area contributed by atoms with E-state index in [0.717, 1.165) is 6.04 Å². The van der Waals surface area contributed by atoms with Gasteiger partial charge in [0, 0.05) is 27.4 Å². The van der Waals surface area contributed by atoms with Crippen molar-refractivity contribution in [2.24, 2.45) is 11.8 Å². The molecule has 5 nitrogen and oxygen atoms in total. The first kappa shape index (κ1) is 25.8. The summed E-state index contributed by atoms with van der Waals surface area (Å²) in [5.41, 5.74) is 0. The Morgan fingerprint density at radius 2 is 1.19 bits per heavy atom. The van der Waals surface area contributed by atoms with Crippen LogP contribution in [0.15, 0.2) is 0 Å². The van der Waals surface area contributed by atoms with Crippen LogP contribution in [0.3, 0.4) is 0 Å². The van der Waals surface area contributed by atoms with Crippen molar-refractivity contribution >= 4 is 23.1 Å². The number of carbonyl (C=O) groups excluding carboxylic acids is 1. The zero-order chi connectivity index (χ0) is 21.0. The molecule has 0 heterocycles. The van der Waals surface area contributed by atoms with Crippen LogP contribution in [0.25, 0.3) is 0 Å². The third-order valence-electron chi connectivity index (χ3n) is 5.29. The van der Waals surface area contributed by atoms with Crippen LogP contribution in [0.2, 0.25) is 22.2 Å². The summed E-state index contributed by atoms with van der Waals surface area (Å²) in [7, 11) is -0.571. The molecule has 1 unspecified atom stereocenters. The fourth-order valence-corrected chi connectivity index (χ4v) is 11.7. The molecule has 0 bridgehead atoms. The highest BCUT2D eigenvalue weighted by Crippen LogP contribution is 2.55. The largest absolute Gasteiger partial charge is 0.518 e. The summed E-state index contributed by atoms with van der Waals surface area (Å²) in [6.45, 7) is 19.6. The van der Waals surface area contributed by atoms with E-state index in [0.29, 0.717) is 12.0 Å². The molecule has 0 aromatic carbocycles. The van der Waals surface area contributed by atoms with Crippen molar-refractivity contribution < 1.29 is 22.5 Å². The van der Waals surface area contributed by atoms with E-state index in [-0.39, 0.29) is 22.0 Å². The lowest BCUT2D eigenvalue weighted by molar-refractivity contribution is -0.139. The normalized spacial score (nSPS) is 15.3. The Morgan fingerprint density at radius 1 is 0.808 bits per heavy atom. The fourth-order valence-electron chi connectivity index (χ4n) is 3.89. The Hall–Kier alpha value is -0.216. The predicted octanol–water partition coefficient (Wildman–Crippen LogP) is 5.25. The van der Waals surface area contributed by atoms with Crippen LogP contribution in [-0.4, -0.2) is 44.4 Å². The molecule has 0 aromatic rings. The van der Waals surface area contributed by atoms with Crippen LogP contribution in [-0.2, 0) is 22.5 Å². The summed E-state index contributed by atoms with van der Waals surface area (Å²) in [6.07, 6.45) is 0. The van der Waals surface area contributed by atoms with Gasteiger partial charge in [-0.1, -0.05) is 62.3 Å². The van der Waals surface area contributed by atoms with Gasteiger partial charge in [-0.05, 0) is 22.0 Å². The zero-order valence-electron chi connectivity index (χ0n) is 19.1. The maximum Gasteiger partial charge on any atom is 0.501 e. The van der Waals surface area contributed by atoms with E-state index in [9.17, 15) is 4.79 Å². The summed E-state index contributed by atoms with van der Waals surface area (Å²) in [5.74, 6) is -0.0379. The summed E-state index contributed by atoms with van der Waals surface area (Å²) >= 11 is 0. The van der Waals surface area contributed by atoms with Crippen LogP contribution < -0.4 is 0 Å². The van der Waals surface area contributed by atoms with Gasteiger partial charge >= 0.3 is 8.80 Å². The molecule has 0 amide bonds. The van der Waals surface area contributed by atoms with E-state index in [2.05, 4.69) is 55.4 Å². The van der Waals surface area contributed by atoms with Gasteiger partial charge in [-0.2, -0.15) is 0 Å². The third-order valence-corrected chi connectivity index (χ3v) is 15.1. The second kappa shape index (κ2) is 9.32. The smallest absolute Gasteiger partial charge is 0.501 e. The SMILES string of the molecule is CO[Si](CC(C)C(=O)O[Si](CC(C)C)(C(C)(C)C)C(C)(C)C)(OC)OC. The van der Waals surface area contributed by atoms with Crippen molar-refractivity contribution in [3.8, 4) is 0 Å². The molecule has 0 spiro atoms. The molecule has 0 saturated carbocycles. The first-order chi connectivity index (χ1) is 11.6. The van der Waals surface area contributed by atoms with Gasteiger partial charge in [0.25, 0.3) is 14.3 Å². The van der Waals surface area contributed by atoms with E-state index in [4.69, 9.17) is 17.7 Å². The van der Waals surface area contributed by atoms with E-state index >= 15 is 0 Å². The van der Waals surface area contributed by atoms with Crippen molar-refractivity contribution in [2.45, 2.75) is 84.5 Å². The first-order valence-electron chi connectivity index (χ1n) is 9.49. The summed E-state index contributed by atoms with van der Waals surface area (Å²) in [6, 6.07) is 1.36. The average molecular weight is 407 g/mol. The van der Waals surface area contributed by atoms with Crippen LogP contribution in [0, 0.1) is 11.8 Å². The zero-order valence-corrected chi connectivity index (χ0v) is 21.1. The van der Waals surface area contributed by atoms with Crippen molar-refractivity contribution in [3.63, 3.8) is 0 Å². The monoisotopic (exact) mass is 406 g/mol. The molecule has 0 N–H and O–H groups in total. The van der Waals surface area contributed by atoms with Gasteiger partial charge in [0.15, 0.2) is 0 Å². The lowest BCUT2D eigenvalue weighted by atomic mass is 10.2. The molecule has 156 valence electrons. The molecular formula is C19H42O5Si2. The lowest BCUT2D eigenvalue weighted by Crippen LogP contribution is -2.57. The predicted molar refractivity (Wildman–Crippen MR) is 112 cm³/mol. The van der Waals surface area contributed by atoms with Gasteiger partial charge in [-0.15, -0.1) is 0 Å². The Balaban J connectivity index is 5.75. The van der Waals surface area contributed by atoms with Crippen molar-refractivity contribution in [3.05, 3.63) is 0 Å². The Bertz CT molecular complexity index is 426. The highest BCUT2D eigenvalue weighted by Gasteiger charge is 2.58. The van der Waals surface area contributed by atoms with Gasteiger partial charge in [0.1, 0.15) is 0 Å². The molecule has 0 aliphatic heterocycles. The molecule has 1 atom stereocenters. The van der Waals surface area contributed by atoms with Crippen molar-refractivity contribution in [1.29, 1.82) is 0 Å². The van der Waals surface area contributed by atoms with E-state index in [1.807, 2.05) is 6.92 Å². The third kappa shape index (κ3) is 5.89. The molecule has 0 saturated heterocycles. The maximum atomic E-state index is 13.1. The van der Waals surface area contributed by atoms with E-state index in [1.165, 1.54) is 0 Å². The fraction of sp³-hybridized carbons (Fsp3) is 0.947. The van der Waals surface area contributed by atoms with Crippen LogP contribution in [0.5, 0.6) is 0 Å². The maximum absolute atomic E-state index is 13.1. The minimum Gasteiger partial charge on any atom is -0.518 e. The topological polar surface area (TPSA) is 54.0 Å². The summed E-state index contributed by atoms with van der Waals surface area (Å²) < 4.78 is 22.9. The van der Waals surface area contributed by atoms with Gasteiger partial charge < -0.3 is 17.7 Å². The Labute approximate surface area is 163 Å². The first-order valence-corrected chi connectivity index (χ1v) is 13.5. The standard InChI is InChI=1S/C19H42O5Si2/c1-15(2)13-25(18(4,5)6,19(7,8)9)24-17(20)16(3)14-26(21-10,22-11)23-12/h15-16H,13-14H2,1-12H3. The van der Waals surface area contributed by atoms with Crippen molar-refractivity contribution in [2.75, 3.05) is 21.3 Å². The van der Waals surface area contributed by atoms with E-state index in [1.54, 1.807) is 21.3 Å². The minimum atomic E-state index is -2.83. The van der Waals surface area contributed by atoms with Gasteiger partial charge in [-0.25, -0.2) is 0 Å².